The summed E-state index contributed by atoms with van der Waals surface area (Å²) in [7, 11) is 0. The zero-order valence-corrected chi connectivity index (χ0v) is 9.22. The molecule has 0 N–H and O–H groups in total. The Morgan fingerprint density at radius 3 is 2.38 bits per heavy atom. The van der Waals surface area contributed by atoms with Crippen LogP contribution < -0.4 is 0 Å². The zero-order valence-electron chi connectivity index (χ0n) is 8.40. The number of nitrogens with zero attached hydrogens (tertiary/aromatic N) is 3. The largest absolute Gasteiger partial charge is 0.228 e. The lowest BCUT2D eigenvalue weighted by Gasteiger charge is -2.15. The van der Waals surface area contributed by atoms with Gasteiger partial charge in [0.2, 0.25) is 5.16 Å². The molecule has 0 bridgehead atoms. The molecule has 1 rings (SSSR count). The van der Waals surface area contributed by atoms with Crippen LogP contribution in [0, 0.1) is 11.8 Å². The van der Waals surface area contributed by atoms with Gasteiger partial charge in [-0.2, -0.15) is 5.10 Å². The molecule has 71 valence electrons. The van der Waals surface area contributed by atoms with Crippen LogP contribution in [0.5, 0.6) is 0 Å². The van der Waals surface area contributed by atoms with E-state index < -0.39 is 0 Å². The second kappa shape index (κ2) is 4.05. The summed E-state index contributed by atoms with van der Waals surface area (Å²) in [5.41, 5.74) is 0.960. The van der Waals surface area contributed by atoms with E-state index in [9.17, 15) is 0 Å². The van der Waals surface area contributed by atoms with E-state index in [1.165, 1.54) is 11.8 Å². The minimum atomic E-state index is 0.122. The highest BCUT2D eigenvalue weighted by Gasteiger charge is 2.13. The summed E-state index contributed by atoms with van der Waals surface area (Å²) >= 11 is 1.50. The molecular formula is C9H14N3S. The molecule has 0 saturated carbocycles. The van der Waals surface area contributed by atoms with Gasteiger partial charge in [-0.05, 0) is 11.7 Å². The van der Waals surface area contributed by atoms with Crippen LogP contribution in [0.3, 0.4) is 0 Å². The molecule has 3 nitrogen and oxygen atoms in total. The van der Waals surface area contributed by atoms with Gasteiger partial charge >= 0.3 is 0 Å². The molecule has 0 amide bonds. The number of hydrogen-bond acceptors (Lipinski definition) is 4. The van der Waals surface area contributed by atoms with Crippen LogP contribution in [0.15, 0.2) is 11.4 Å². The Morgan fingerprint density at radius 1 is 1.31 bits per heavy atom. The Morgan fingerprint density at radius 2 is 2.00 bits per heavy atom. The maximum atomic E-state index is 4.14. The van der Waals surface area contributed by atoms with E-state index in [0.717, 1.165) is 5.69 Å². The molecule has 1 aromatic rings. The maximum absolute atomic E-state index is 4.14. The summed E-state index contributed by atoms with van der Waals surface area (Å²) < 4.78 is 0. The fourth-order valence-electron chi connectivity index (χ4n) is 0.877. The highest BCUT2D eigenvalue weighted by atomic mass is 32.2. The summed E-state index contributed by atoms with van der Waals surface area (Å²) in [6.45, 7) is 6.37. The normalized spacial score (nSPS) is 11.7. The molecule has 0 fully saturated rings. The molecule has 0 aliphatic rings. The van der Waals surface area contributed by atoms with Gasteiger partial charge in [-0.15, -0.1) is 5.10 Å². The Bertz CT molecular complexity index is 263. The third-order valence-corrected chi connectivity index (χ3v) is 1.87. The molecule has 1 heterocycles. The maximum Gasteiger partial charge on any atom is 0.208 e. The number of thioether (sulfide) groups is 1. The minimum absolute atomic E-state index is 0.122. The summed E-state index contributed by atoms with van der Waals surface area (Å²) in [6.07, 6.45) is 5.74. The highest BCUT2D eigenvalue weighted by molar-refractivity contribution is 7.98. The second-order valence-electron chi connectivity index (χ2n) is 3.88. The van der Waals surface area contributed by atoms with E-state index in [1.54, 1.807) is 6.20 Å². The minimum Gasteiger partial charge on any atom is -0.228 e. The molecule has 1 aromatic heterocycles. The van der Waals surface area contributed by atoms with E-state index in [2.05, 4.69) is 42.4 Å². The van der Waals surface area contributed by atoms with Crippen LogP contribution in [-0.4, -0.2) is 21.4 Å². The quantitative estimate of drug-likeness (QED) is 0.680. The van der Waals surface area contributed by atoms with Gasteiger partial charge in [0.25, 0.3) is 0 Å². The molecule has 0 aliphatic heterocycles. The SMILES string of the molecule is CSc1ncc([CH]C(C)(C)C)nn1. The van der Waals surface area contributed by atoms with Gasteiger partial charge in [-0.1, -0.05) is 32.5 Å². The van der Waals surface area contributed by atoms with Crippen LogP contribution >= 0.6 is 11.8 Å². The van der Waals surface area contributed by atoms with E-state index >= 15 is 0 Å². The Hall–Kier alpha value is -0.640. The van der Waals surface area contributed by atoms with Gasteiger partial charge < -0.3 is 0 Å². The molecule has 13 heavy (non-hydrogen) atoms. The molecule has 0 atom stereocenters. The van der Waals surface area contributed by atoms with Crippen molar-refractivity contribution in [2.75, 3.05) is 6.26 Å². The lowest BCUT2D eigenvalue weighted by atomic mass is 9.91. The third kappa shape index (κ3) is 3.72. The topological polar surface area (TPSA) is 38.7 Å². The zero-order chi connectivity index (χ0) is 9.90. The van der Waals surface area contributed by atoms with E-state index in [-0.39, 0.29) is 5.41 Å². The highest BCUT2D eigenvalue weighted by Crippen LogP contribution is 2.21. The van der Waals surface area contributed by atoms with E-state index in [0.29, 0.717) is 5.16 Å². The Balaban J connectivity index is 2.70. The molecule has 0 unspecified atom stereocenters. The fourth-order valence-corrected chi connectivity index (χ4v) is 1.16. The number of rotatable bonds is 2. The van der Waals surface area contributed by atoms with Crippen molar-refractivity contribution in [2.45, 2.75) is 25.9 Å². The lowest BCUT2D eigenvalue weighted by molar-refractivity contribution is 0.498. The van der Waals surface area contributed by atoms with Crippen molar-refractivity contribution in [1.82, 2.24) is 15.2 Å². The number of aromatic nitrogens is 3. The predicted octanol–water partition coefficient (Wildman–Crippen LogP) is 2.19. The third-order valence-electron chi connectivity index (χ3n) is 1.32. The van der Waals surface area contributed by atoms with Gasteiger partial charge in [0.15, 0.2) is 0 Å². The van der Waals surface area contributed by atoms with Crippen molar-refractivity contribution in [1.29, 1.82) is 0 Å². The van der Waals surface area contributed by atoms with Crippen LogP contribution in [0.25, 0.3) is 0 Å². The van der Waals surface area contributed by atoms with E-state index in [4.69, 9.17) is 0 Å². The summed E-state index contributed by atoms with van der Waals surface area (Å²) in [4.78, 5) is 4.14. The van der Waals surface area contributed by atoms with Gasteiger partial charge in [0.1, 0.15) is 0 Å². The van der Waals surface area contributed by atoms with Crippen molar-refractivity contribution in [3.05, 3.63) is 18.3 Å². The molecule has 0 spiro atoms. The summed E-state index contributed by atoms with van der Waals surface area (Å²) in [5.74, 6) is 0. The molecule has 0 aromatic carbocycles. The first-order valence-electron chi connectivity index (χ1n) is 4.11. The van der Waals surface area contributed by atoms with Crippen molar-refractivity contribution in [3.8, 4) is 0 Å². The first kappa shape index (κ1) is 10.4. The van der Waals surface area contributed by atoms with Gasteiger partial charge in [-0.3, -0.25) is 0 Å². The van der Waals surface area contributed by atoms with Crippen LogP contribution in [-0.2, 0) is 0 Å². The first-order valence-corrected chi connectivity index (χ1v) is 5.33. The van der Waals surface area contributed by atoms with Crippen molar-refractivity contribution in [2.24, 2.45) is 5.41 Å². The smallest absolute Gasteiger partial charge is 0.208 e. The summed E-state index contributed by atoms with van der Waals surface area (Å²) in [6, 6.07) is 0. The second-order valence-corrected chi connectivity index (χ2v) is 4.65. The molecule has 0 saturated heterocycles. The number of hydrogen-bond donors (Lipinski definition) is 0. The van der Waals surface area contributed by atoms with Crippen LogP contribution in [0.4, 0.5) is 0 Å². The first-order chi connectivity index (χ1) is 6.01. The van der Waals surface area contributed by atoms with Crippen molar-refractivity contribution >= 4 is 11.8 Å². The average Bonchev–Trinajstić information content (AvgIpc) is 2.03. The van der Waals surface area contributed by atoms with Crippen molar-refractivity contribution in [3.63, 3.8) is 0 Å². The molecule has 1 radical (unpaired) electrons. The lowest BCUT2D eigenvalue weighted by Crippen LogP contribution is -2.09. The Kier molecular flexibility index (Phi) is 3.25. The van der Waals surface area contributed by atoms with E-state index in [1.807, 2.05) is 6.26 Å². The Labute approximate surface area is 83.4 Å². The molecular weight excluding hydrogens is 182 g/mol. The van der Waals surface area contributed by atoms with Gasteiger partial charge in [0, 0.05) is 6.42 Å². The standard InChI is InChI=1S/C9H14N3S/c1-9(2,3)5-7-6-10-8(13-4)12-11-7/h5-6H,1-4H3. The monoisotopic (exact) mass is 196 g/mol. The predicted molar refractivity (Wildman–Crippen MR) is 54.5 cm³/mol. The molecule has 4 heteroatoms. The van der Waals surface area contributed by atoms with Crippen LogP contribution in [0.2, 0.25) is 0 Å². The van der Waals surface area contributed by atoms with Gasteiger partial charge in [0.05, 0.1) is 11.9 Å². The summed E-state index contributed by atoms with van der Waals surface area (Å²) in [5, 5.41) is 8.71. The van der Waals surface area contributed by atoms with Crippen LogP contribution in [0.1, 0.15) is 26.5 Å². The average molecular weight is 196 g/mol. The van der Waals surface area contributed by atoms with Crippen molar-refractivity contribution < 1.29 is 0 Å². The fraction of sp³-hybridized carbons (Fsp3) is 0.556. The van der Waals surface area contributed by atoms with Gasteiger partial charge in [-0.25, -0.2) is 4.98 Å². The molecule has 0 aliphatic carbocycles.